The van der Waals surface area contributed by atoms with Crippen molar-refractivity contribution >= 4 is 17.9 Å². The van der Waals surface area contributed by atoms with Crippen LogP contribution in [0.2, 0.25) is 0 Å². The average molecular weight is 379 g/mol. The third-order valence-electron chi connectivity index (χ3n) is 3.87. The van der Waals surface area contributed by atoms with Crippen LogP contribution in [0.4, 0.5) is 4.79 Å². The first kappa shape index (κ1) is 20.5. The lowest BCUT2D eigenvalue weighted by molar-refractivity contribution is -0.866. The van der Waals surface area contributed by atoms with Crippen molar-refractivity contribution in [1.82, 2.24) is 16.0 Å². The Bertz CT molecular complexity index is 711. The third-order valence-corrected chi connectivity index (χ3v) is 3.87. The Morgan fingerprint density at radius 1 is 1.41 bits per heavy atom. The SMILES string of the molecule is CCOC(=O)C1=C(C[NH+](C)CC(=O)NC(C)C)NC(=O)N[C@H]1c1ccco1. The van der Waals surface area contributed by atoms with E-state index < -0.39 is 18.0 Å². The molecule has 2 rings (SSSR count). The maximum atomic E-state index is 12.6. The first-order valence-corrected chi connectivity index (χ1v) is 8.93. The summed E-state index contributed by atoms with van der Waals surface area (Å²) >= 11 is 0. The zero-order valence-electron chi connectivity index (χ0n) is 16.0. The molecule has 0 fully saturated rings. The van der Waals surface area contributed by atoms with Gasteiger partial charge in [0.15, 0.2) is 6.54 Å². The second-order valence-electron chi connectivity index (χ2n) is 6.69. The van der Waals surface area contributed by atoms with Gasteiger partial charge < -0.3 is 30.0 Å². The van der Waals surface area contributed by atoms with Gasteiger partial charge in [-0.15, -0.1) is 0 Å². The summed E-state index contributed by atoms with van der Waals surface area (Å²) in [7, 11) is 1.81. The number of ether oxygens (including phenoxy) is 1. The fourth-order valence-electron chi connectivity index (χ4n) is 2.89. The molecule has 0 aliphatic carbocycles. The summed E-state index contributed by atoms with van der Waals surface area (Å²) in [5, 5.41) is 8.19. The molecule has 4 N–H and O–H groups in total. The van der Waals surface area contributed by atoms with Gasteiger partial charge in [0.1, 0.15) is 18.3 Å². The molecule has 148 valence electrons. The Morgan fingerprint density at radius 3 is 2.74 bits per heavy atom. The van der Waals surface area contributed by atoms with Crippen molar-refractivity contribution in [2.75, 3.05) is 26.7 Å². The predicted octanol–water partition coefficient (Wildman–Crippen LogP) is -0.510. The highest BCUT2D eigenvalue weighted by Crippen LogP contribution is 2.27. The molecule has 0 saturated heterocycles. The topological polar surface area (TPSA) is 114 Å². The van der Waals surface area contributed by atoms with Crippen LogP contribution in [-0.2, 0) is 14.3 Å². The number of carbonyl (C=O) groups excluding carboxylic acids is 3. The number of carbonyl (C=O) groups is 3. The number of quaternary nitrogens is 1. The molecule has 0 radical (unpaired) electrons. The molecule has 0 bridgehead atoms. The first-order valence-electron chi connectivity index (χ1n) is 8.93. The van der Waals surface area contributed by atoms with Gasteiger partial charge in [-0.25, -0.2) is 9.59 Å². The van der Waals surface area contributed by atoms with E-state index in [1.54, 1.807) is 19.1 Å². The molecule has 1 unspecified atom stereocenters. The monoisotopic (exact) mass is 379 g/mol. The average Bonchev–Trinajstić information content (AvgIpc) is 3.07. The van der Waals surface area contributed by atoms with Crippen molar-refractivity contribution in [2.45, 2.75) is 32.9 Å². The quantitative estimate of drug-likeness (QED) is 0.454. The predicted molar refractivity (Wildman–Crippen MR) is 96.7 cm³/mol. The van der Waals surface area contributed by atoms with Gasteiger partial charge in [0.2, 0.25) is 0 Å². The van der Waals surface area contributed by atoms with E-state index in [4.69, 9.17) is 9.15 Å². The summed E-state index contributed by atoms with van der Waals surface area (Å²) in [6, 6.07) is 2.21. The molecule has 0 spiro atoms. The molecular weight excluding hydrogens is 352 g/mol. The number of urea groups is 1. The standard InChI is InChI=1S/C18H26N4O5/c1-5-26-17(24)15-12(9-22(4)10-14(23)19-11(2)3)20-18(25)21-16(15)13-7-6-8-27-13/h6-8,11,16H,5,9-10H2,1-4H3,(H,19,23)(H2,20,21,25)/p+1/t16-/m0/s1. The van der Waals surface area contributed by atoms with E-state index in [2.05, 4.69) is 16.0 Å². The minimum Gasteiger partial charge on any atom is -0.467 e. The minimum absolute atomic E-state index is 0.0431. The van der Waals surface area contributed by atoms with E-state index in [9.17, 15) is 14.4 Å². The summed E-state index contributed by atoms with van der Waals surface area (Å²) in [5.41, 5.74) is 0.684. The van der Waals surface area contributed by atoms with E-state index in [1.165, 1.54) is 6.26 Å². The number of hydrogen-bond donors (Lipinski definition) is 4. The fourth-order valence-corrected chi connectivity index (χ4v) is 2.89. The van der Waals surface area contributed by atoms with Crippen LogP contribution in [0.5, 0.6) is 0 Å². The highest BCUT2D eigenvalue weighted by atomic mass is 16.5. The Kier molecular flexibility index (Phi) is 7.00. The summed E-state index contributed by atoms with van der Waals surface area (Å²) in [5.74, 6) is -0.218. The van der Waals surface area contributed by atoms with E-state index >= 15 is 0 Å². The van der Waals surface area contributed by atoms with Crippen molar-refractivity contribution in [1.29, 1.82) is 0 Å². The van der Waals surface area contributed by atoms with Crippen LogP contribution in [0.25, 0.3) is 0 Å². The lowest BCUT2D eigenvalue weighted by Crippen LogP contribution is -3.10. The number of rotatable bonds is 8. The van der Waals surface area contributed by atoms with Crippen molar-refractivity contribution in [3.63, 3.8) is 0 Å². The van der Waals surface area contributed by atoms with Gasteiger partial charge in [0.25, 0.3) is 5.91 Å². The Balaban J connectivity index is 2.28. The number of nitrogens with one attached hydrogen (secondary N) is 4. The van der Waals surface area contributed by atoms with Crippen LogP contribution in [-0.4, -0.2) is 50.7 Å². The number of hydrogen-bond acceptors (Lipinski definition) is 5. The molecule has 0 saturated carbocycles. The van der Waals surface area contributed by atoms with Gasteiger partial charge in [-0.2, -0.15) is 0 Å². The Morgan fingerprint density at radius 2 is 2.15 bits per heavy atom. The van der Waals surface area contributed by atoms with Crippen LogP contribution < -0.4 is 20.9 Å². The minimum atomic E-state index is -0.750. The molecule has 9 heteroatoms. The Labute approximate surface area is 158 Å². The zero-order chi connectivity index (χ0) is 20.0. The van der Waals surface area contributed by atoms with Gasteiger partial charge in [-0.1, -0.05) is 0 Å². The second-order valence-corrected chi connectivity index (χ2v) is 6.69. The van der Waals surface area contributed by atoms with Crippen molar-refractivity contribution in [2.24, 2.45) is 0 Å². The van der Waals surface area contributed by atoms with E-state index in [0.29, 0.717) is 11.5 Å². The van der Waals surface area contributed by atoms with Gasteiger partial charge in [0, 0.05) is 6.04 Å². The highest BCUT2D eigenvalue weighted by molar-refractivity contribution is 5.95. The summed E-state index contributed by atoms with van der Waals surface area (Å²) in [6.07, 6.45) is 1.47. The van der Waals surface area contributed by atoms with Crippen LogP contribution in [0.1, 0.15) is 32.6 Å². The smallest absolute Gasteiger partial charge is 0.338 e. The van der Waals surface area contributed by atoms with E-state index in [0.717, 1.165) is 4.90 Å². The van der Waals surface area contributed by atoms with Crippen LogP contribution in [0, 0.1) is 0 Å². The third kappa shape index (κ3) is 5.58. The first-order chi connectivity index (χ1) is 12.8. The van der Waals surface area contributed by atoms with Gasteiger partial charge in [-0.3, -0.25) is 4.79 Å². The normalized spacial score (nSPS) is 18.0. The molecule has 2 heterocycles. The molecule has 1 aliphatic rings. The van der Waals surface area contributed by atoms with Crippen LogP contribution in [0.3, 0.4) is 0 Å². The molecule has 3 amide bonds. The molecule has 1 aromatic rings. The van der Waals surface area contributed by atoms with Crippen LogP contribution in [0.15, 0.2) is 34.1 Å². The molecule has 9 nitrogen and oxygen atoms in total. The van der Waals surface area contributed by atoms with Gasteiger partial charge in [0.05, 0.1) is 31.2 Å². The molecule has 1 aliphatic heterocycles. The molecule has 0 aromatic carbocycles. The van der Waals surface area contributed by atoms with Gasteiger partial charge in [-0.05, 0) is 32.9 Å². The maximum Gasteiger partial charge on any atom is 0.338 e. The molecule has 2 atom stereocenters. The van der Waals surface area contributed by atoms with Crippen molar-refractivity contribution < 1.29 is 28.4 Å². The number of furan rings is 1. The van der Waals surface area contributed by atoms with Crippen molar-refractivity contribution in [3.05, 3.63) is 35.4 Å². The Hall–Kier alpha value is -2.81. The number of amides is 3. The lowest BCUT2D eigenvalue weighted by atomic mass is 10.00. The largest absolute Gasteiger partial charge is 0.467 e. The molecule has 27 heavy (non-hydrogen) atoms. The molecule has 1 aromatic heterocycles. The maximum absolute atomic E-state index is 12.6. The summed E-state index contributed by atoms with van der Waals surface area (Å²) in [6.45, 7) is 6.15. The second kappa shape index (κ2) is 9.22. The highest BCUT2D eigenvalue weighted by Gasteiger charge is 2.36. The fraction of sp³-hybridized carbons (Fsp3) is 0.500. The molecular formula is C18H27N4O5+. The van der Waals surface area contributed by atoms with Crippen LogP contribution >= 0.6 is 0 Å². The summed E-state index contributed by atoms with van der Waals surface area (Å²) < 4.78 is 10.6. The lowest BCUT2D eigenvalue weighted by Gasteiger charge is -2.28. The number of likely N-dealkylation sites (N-methyl/N-ethyl adjacent to an activating group) is 1. The zero-order valence-corrected chi connectivity index (χ0v) is 16.0. The van der Waals surface area contributed by atoms with E-state index in [-0.39, 0.29) is 37.2 Å². The van der Waals surface area contributed by atoms with E-state index in [1.807, 2.05) is 20.9 Å². The number of esters is 1. The van der Waals surface area contributed by atoms with Gasteiger partial charge >= 0.3 is 12.0 Å². The van der Waals surface area contributed by atoms with Crippen molar-refractivity contribution in [3.8, 4) is 0 Å². The summed E-state index contributed by atoms with van der Waals surface area (Å²) in [4.78, 5) is 37.5.